The van der Waals surface area contributed by atoms with Gasteiger partial charge in [0.05, 0.1) is 73.3 Å². The third-order valence-electron chi connectivity index (χ3n) is 10.5. The van der Waals surface area contributed by atoms with E-state index in [-0.39, 0.29) is 41.9 Å². The summed E-state index contributed by atoms with van der Waals surface area (Å²) in [5.74, 6) is 0.0174. The van der Waals surface area contributed by atoms with Gasteiger partial charge in [0, 0.05) is 23.5 Å². The topological polar surface area (TPSA) is 182 Å². The van der Waals surface area contributed by atoms with Crippen molar-refractivity contribution in [1.82, 2.24) is 5.32 Å². The van der Waals surface area contributed by atoms with Gasteiger partial charge in [-0.1, -0.05) is 6.07 Å². The van der Waals surface area contributed by atoms with Crippen LogP contribution in [0.5, 0.6) is 51.7 Å². The average Bonchev–Trinajstić information content (AvgIpc) is 3.86. The van der Waals surface area contributed by atoms with Crippen molar-refractivity contribution in [1.29, 1.82) is 0 Å². The Hall–Kier alpha value is -6.84. The number of carbonyl (C=O) groups is 2. The van der Waals surface area contributed by atoms with Crippen molar-refractivity contribution >= 4 is 29.2 Å². The number of cyclic esters (lactones) is 1. The number of hydrogen-bond acceptors (Lipinski definition) is 14. The van der Waals surface area contributed by atoms with Crippen LogP contribution in [0.15, 0.2) is 54.6 Å². The van der Waals surface area contributed by atoms with E-state index in [1.807, 2.05) is 12.1 Å². The number of nitrogens with zero attached hydrogens (tertiary/aromatic N) is 1. The Morgan fingerprint density at radius 1 is 0.737 bits per heavy atom. The van der Waals surface area contributed by atoms with Gasteiger partial charge in [-0.3, -0.25) is 19.7 Å². The van der Waals surface area contributed by atoms with E-state index in [1.165, 1.54) is 68.0 Å². The quantitative estimate of drug-likeness (QED) is 0.0572. The number of benzene rings is 4. The van der Waals surface area contributed by atoms with Crippen LogP contribution in [0.4, 0.5) is 5.69 Å². The van der Waals surface area contributed by atoms with Crippen LogP contribution in [0.1, 0.15) is 39.8 Å². The van der Waals surface area contributed by atoms with Gasteiger partial charge in [0.2, 0.25) is 18.3 Å². The van der Waals surface area contributed by atoms with Crippen LogP contribution >= 0.6 is 0 Å². The van der Waals surface area contributed by atoms with Gasteiger partial charge in [-0.2, -0.15) is 0 Å². The first-order chi connectivity index (χ1) is 27.6. The van der Waals surface area contributed by atoms with Crippen LogP contribution in [0.25, 0.3) is 11.6 Å². The van der Waals surface area contributed by atoms with Crippen LogP contribution in [-0.4, -0.2) is 80.0 Å². The summed E-state index contributed by atoms with van der Waals surface area (Å²) in [6.07, 6.45) is 1.51. The van der Waals surface area contributed by atoms with Crippen molar-refractivity contribution in [2.24, 2.45) is 11.8 Å². The Morgan fingerprint density at radius 3 is 1.84 bits per heavy atom. The number of rotatable bonds is 13. The zero-order valence-electron chi connectivity index (χ0n) is 32.2. The second-order valence-electron chi connectivity index (χ2n) is 13.2. The minimum Gasteiger partial charge on any atom is -0.493 e. The average molecular weight is 785 g/mol. The Bertz CT molecular complexity index is 2240. The molecule has 1 aliphatic carbocycles. The Labute approximate surface area is 327 Å². The number of nitro groups is 1. The molecule has 1 saturated heterocycles. The van der Waals surface area contributed by atoms with E-state index in [9.17, 15) is 19.7 Å². The van der Waals surface area contributed by atoms with E-state index in [0.29, 0.717) is 62.3 Å². The molecule has 0 saturated carbocycles. The molecular weight excluding hydrogens is 744 g/mol. The summed E-state index contributed by atoms with van der Waals surface area (Å²) in [7, 11) is 10.2. The highest BCUT2D eigenvalue weighted by Gasteiger charge is 2.53. The molecule has 4 aromatic rings. The predicted octanol–water partition coefficient (Wildman–Crippen LogP) is 5.72. The monoisotopic (exact) mass is 784 g/mol. The smallest absolute Gasteiger partial charge is 0.311 e. The van der Waals surface area contributed by atoms with Gasteiger partial charge in [-0.15, -0.1) is 0 Å². The molecule has 1 fully saturated rings. The van der Waals surface area contributed by atoms with Crippen molar-refractivity contribution in [3.63, 3.8) is 0 Å². The molecule has 0 spiro atoms. The third kappa shape index (κ3) is 6.76. The lowest BCUT2D eigenvalue weighted by Gasteiger charge is -2.39. The maximum absolute atomic E-state index is 14.9. The molecule has 2 heterocycles. The number of esters is 1. The number of hydrogen-bond donors (Lipinski definition) is 1. The Morgan fingerprint density at radius 2 is 1.30 bits per heavy atom. The van der Waals surface area contributed by atoms with E-state index in [4.69, 9.17) is 47.4 Å². The SMILES string of the molecule is COc1ccc(/C=C(/C(=O)N[C@@H]2c3cc4c(cc3[C@@H](c3cc(OC)c(OC)c(OC)c3)[C@H]3C(=O)OC[C@@H]32)OCO4)c2cc(OC)c(OC)c(OC)c2)cc1[N+](=O)[O-]. The molecule has 0 bridgehead atoms. The molecule has 16 nitrogen and oxygen atoms in total. The molecule has 3 aliphatic rings. The van der Waals surface area contributed by atoms with Gasteiger partial charge in [-0.05, 0) is 76.4 Å². The third-order valence-corrected chi connectivity index (χ3v) is 10.5. The number of nitro benzene ring substituents is 1. The highest BCUT2D eigenvalue weighted by molar-refractivity contribution is 6.24. The number of ether oxygens (including phenoxy) is 10. The zero-order chi connectivity index (χ0) is 40.5. The van der Waals surface area contributed by atoms with Crippen LogP contribution in [0.3, 0.4) is 0 Å². The van der Waals surface area contributed by atoms with E-state index in [1.54, 1.807) is 30.3 Å². The van der Waals surface area contributed by atoms with E-state index in [0.717, 1.165) is 0 Å². The molecule has 4 atom stereocenters. The molecule has 4 aromatic carbocycles. The first-order valence-corrected chi connectivity index (χ1v) is 17.6. The second kappa shape index (κ2) is 15.7. The number of nitrogens with one attached hydrogen (secondary N) is 1. The zero-order valence-corrected chi connectivity index (χ0v) is 32.2. The van der Waals surface area contributed by atoms with E-state index in [2.05, 4.69) is 5.32 Å². The predicted molar refractivity (Wildman–Crippen MR) is 203 cm³/mol. The molecular formula is C41H40N2O14. The van der Waals surface area contributed by atoms with Gasteiger partial charge in [0.25, 0.3) is 5.91 Å². The largest absolute Gasteiger partial charge is 0.493 e. The summed E-state index contributed by atoms with van der Waals surface area (Å²) in [5.41, 5.74) is 2.49. The fraction of sp³-hybridized carbons (Fsp3) is 0.317. The molecule has 0 unspecified atom stereocenters. The lowest BCUT2D eigenvalue weighted by Crippen LogP contribution is -2.43. The maximum atomic E-state index is 14.9. The molecule has 0 aromatic heterocycles. The van der Waals surface area contributed by atoms with Crippen molar-refractivity contribution in [3.8, 4) is 51.7 Å². The van der Waals surface area contributed by atoms with Gasteiger partial charge in [0.1, 0.15) is 0 Å². The normalized spacial score (nSPS) is 19.1. The van der Waals surface area contributed by atoms with Crippen molar-refractivity contribution in [2.75, 3.05) is 63.2 Å². The van der Waals surface area contributed by atoms with Gasteiger partial charge >= 0.3 is 11.7 Å². The lowest BCUT2D eigenvalue weighted by atomic mass is 9.65. The van der Waals surface area contributed by atoms with Gasteiger partial charge in [0.15, 0.2) is 40.2 Å². The summed E-state index contributed by atoms with van der Waals surface area (Å²) in [6, 6.07) is 14.0. The fourth-order valence-electron chi connectivity index (χ4n) is 7.87. The minimum atomic E-state index is -0.799. The molecule has 7 rings (SSSR count). The van der Waals surface area contributed by atoms with Crippen LogP contribution < -0.4 is 47.9 Å². The summed E-state index contributed by atoms with van der Waals surface area (Å²) < 4.78 is 56.3. The standard InChI is InChI=1S/C41H40N2O14/c1-48-28-9-8-20(11-27(28)43(46)47)10-23(21-12-31(49-2)38(53-6)32(13-21)50-3)40(44)42-37-25-17-30-29(56-19-57-30)16-24(25)35(36-26(37)18-55-41(36)45)22-14-33(51-4)39(54-7)34(15-22)52-5/h8-17,26,35-37H,18-19H2,1-7H3,(H,42,44)/b23-10+/t26-,35+,36-,37+/m0/s1. The summed E-state index contributed by atoms with van der Waals surface area (Å²) in [4.78, 5) is 40.2. The number of fused-ring (bicyclic) bond motifs is 3. The van der Waals surface area contributed by atoms with Crippen molar-refractivity contribution < 1.29 is 61.9 Å². The van der Waals surface area contributed by atoms with Crippen molar-refractivity contribution in [2.45, 2.75) is 12.0 Å². The summed E-state index contributed by atoms with van der Waals surface area (Å²) >= 11 is 0. The van der Waals surface area contributed by atoms with Gasteiger partial charge < -0.3 is 52.7 Å². The minimum absolute atomic E-state index is 0.00282. The van der Waals surface area contributed by atoms with E-state index >= 15 is 0 Å². The molecule has 1 amide bonds. The first kappa shape index (κ1) is 38.4. The highest BCUT2D eigenvalue weighted by Crippen LogP contribution is 2.56. The highest BCUT2D eigenvalue weighted by atomic mass is 16.7. The number of amides is 1. The first-order valence-electron chi connectivity index (χ1n) is 17.6. The van der Waals surface area contributed by atoms with Crippen molar-refractivity contribution in [3.05, 3.63) is 92.5 Å². The molecule has 298 valence electrons. The molecule has 57 heavy (non-hydrogen) atoms. The Balaban J connectivity index is 1.40. The Kier molecular flexibility index (Phi) is 10.6. The fourth-order valence-corrected chi connectivity index (χ4v) is 7.87. The molecule has 2 aliphatic heterocycles. The lowest BCUT2D eigenvalue weighted by molar-refractivity contribution is -0.385. The second-order valence-corrected chi connectivity index (χ2v) is 13.2. The molecule has 0 radical (unpaired) electrons. The van der Waals surface area contributed by atoms with Crippen LogP contribution in [0.2, 0.25) is 0 Å². The van der Waals surface area contributed by atoms with Gasteiger partial charge in [-0.25, -0.2) is 0 Å². The van der Waals surface area contributed by atoms with Crippen LogP contribution in [-0.2, 0) is 14.3 Å². The maximum Gasteiger partial charge on any atom is 0.311 e. The molecule has 16 heteroatoms. The summed E-state index contributed by atoms with van der Waals surface area (Å²) in [5, 5.41) is 15.2. The molecule has 1 N–H and O–H groups in total. The number of methoxy groups -OCH3 is 7. The van der Waals surface area contributed by atoms with Crippen LogP contribution in [0, 0.1) is 22.0 Å². The summed E-state index contributed by atoms with van der Waals surface area (Å²) in [6.45, 7) is -0.0157. The van der Waals surface area contributed by atoms with E-state index < -0.39 is 40.6 Å². The number of carbonyl (C=O) groups excluding carboxylic acids is 2.